The summed E-state index contributed by atoms with van der Waals surface area (Å²) in [5.74, 6) is -3.05. The van der Waals surface area contributed by atoms with E-state index in [0.29, 0.717) is 11.4 Å². The van der Waals surface area contributed by atoms with Crippen molar-refractivity contribution >= 4 is 34.7 Å². The quantitative estimate of drug-likeness (QED) is 0.257. The van der Waals surface area contributed by atoms with Gasteiger partial charge in [-0.1, -0.05) is 12.1 Å². The first-order valence-electron chi connectivity index (χ1n) is 8.70. The summed E-state index contributed by atoms with van der Waals surface area (Å²) in [6.45, 7) is 4.82. The first-order chi connectivity index (χ1) is 13.6. The Morgan fingerprint density at radius 3 is 2.34 bits per heavy atom. The highest BCUT2D eigenvalue weighted by molar-refractivity contribution is 6.15. The number of nitro benzene ring substituents is 1. The number of non-ortho nitro benzene ring substituents is 1. The van der Waals surface area contributed by atoms with Crippen LogP contribution >= 0.6 is 0 Å². The van der Waals surface area contributed by atoms with Crippen LogP contribution in [0.3, 0.4) is 0 Å². The molecule has 2 N–H and O–H groups in total. The molecule has 0 saturated carbocycles. The molecule has 1 aliphatic rings. The number of nitrogens with one attached hydrogen (secondary N) is 2. The van der Waals surface area contributed by atoms with E-state index in [1.165, 1.54) is 32.0 Å². The van der Waals surface area contributed by atoms with E-state index in [9.17, 15) is 19.7 Å². The Hall–Kier alpha value is -3.88. The molecule has 0 atom stereocenters. The molecule has 1 aliphatic heterocycles. The number of cyclic esters (lactones) is 2. The van der Waals surface area contributed by atoms with Crippen LogP contribution in [0.4, 0.5) is 22.7 Å². The minimum Gasteiger partial charge on any atom is -0.419 e. The molecule has 0 spiro atoms. The van der Waals surface area contributed by atoms with Crippen LogP contribution in [0.15, 0.2) is 54.2 Å². The van der Waals surface area contributed by atoms with Crippen molar-refractivity contribution in [3.63, 3.8) is 0 Å². The number of aryl methyl sites for hydroxylation is 1. The Morgan fingerprint density at radius 1 is 1.03 bits per heavy atom. The summed E-state index contributed by atoms with van der Waals surface area (Å²) in [7, 11) is 0. The van der Waals surface area contributed by atoms with Crippen molar-refractivity contribution in [2.45, 2.75) is 26.6 Å². The highest BCUT2D eigenvalue weighted by Crippen LogP contribution is 2.31. The highest BCUT2D eigenvalue weighted by atomic mass is 16.7. The van der Waals surface area contributed by atoms with E-state index in [-0.39, 0.29) is 11.3 Å². The Bertz CT molecular complexity index is 1010. The monoisotopic (exact) mass is 397 g/mol. The Balaban J connectivity index is 1.92. The fraction of sp³-hybridized carbons (Fsp3) is 0.200. The summed E-state index contributed by atoms with van der Waals surface area (Å²) in [6, 6.07) is 11.7. The fourth-order valence-electron chi connectivity index (χ4n) is 2.68. The van der Waals surface area contributed by atoms with Crippen LogP contribution in [0.25, 0.3) is 0 Å². The summed E-state index contributed by atoms with van der Waals surface area (Å²) < 4.78 is 10.1. The maximum Gasteiger partial charge on any atom is 0.350 e. The van der Waals surface area contributed by atoms with Gasteiger partial charge in [-0.2, -0.15) is 0 Å². The number of ether oxygens (including phenoxy) is 2. The average Bonchev–Trinajstić information content (AvgIpc) is 2.61. The normalized spacial score (nSPS) is 15.2. The second-order valence-corrected chi connectivity index (χ2v) is 6.86. The Kier molecular flexibility index (Phi) is 5.22. The van der Waals surface area contributed by atoms with Crippen molar-refractivity contribution in [2.24, 2.45) is 0 Å². The summed E-state index contributed by atoms with van der Waals surface area (Å²) >= 11 is 0. The van der Waals surface area contributed by atoms with Crippen LogP contribution in [-0.4, -0.2) is 22.6 Å². The van der Waals surface area contributed by atoms with Crippen molar-refractivity contribution in [3.8, 4) is 0 Å². The van der Waals surface area contributed by atoms with E-state index in [1.54, 1.807) is 0 Å². The predicted octanol–water partition coefficient (Wildman–Crippen LogP) is 3.78. The van der Waals surface area contributed by atoms with Gasteiger partial charge in [0.1, 0.15) is 0 Å². The number of hydrogen-bond donors (Lipinski definition) is 2. The third-order valence-electron chi connectivity index (χ3n) is 4.00. The van der Waals surface area contributed by atoms with E-state index in [2.05, 4.69) is 10.6 Å². The lowest BCUT2D eigenvalue weighted by Gasteiger charge is -2.29. The van der Waals surface area contributed by atoms with Gasteiger partial charge in [0, 0.05) is 37.9 Å². The zero-order valence-corrected chi connectivity index (χ0v) is 16.0. The zero-order valence-electron chi connectivity index (χ0n) is 16.0. The van der Waals surface area contributed by atoms with Crippen LogP contribution in [0, 0.1) is 17.0 Å². The van der Waals surface area contributed by atoms with Crippen molar-refractivity contribution in [3.05, 3.63) is 69.9 Å². The van der Waals surface area contributed by atoms with Crippen molar-refractivity contribution in [2.75, 3.05) is 10.6 Å². The number of anilines is 3. The molecule has 9 nitrogen and oxygen atoms in total. The van der Waals surface area contributed by atoms with Gasteiger partial charge in [0.15, 0.2) is 5.57 Å². The maximum atomic E-state index is 12.1. The number of carbonyl (C=O) groups is 2. The molecule has 1 heterocycles. The molecule has 150 valence electrons. The molecular weight excluding hydrogens is 378 g/mol. The van der Waals surface area contributed by atoms with Gasteiger partial charge in [-0.25, -0.2) is 9.59 Å². The second-order valence-electron chi connectivity index (χ2n) is 6.86. The van der Waals surface area contributed by atoms with Crippen LogP contribution in [0.5, 0.6) is 0 Å². The van der Waals surface area contributed by atoms with Crippen LogP contribution < -0.4 is 10.6 Å². The van der Waals surface area contributed by atoms with E-state index in [0.717, 1.165) is 17.5 Å². The van der Waals surface area contributed by atoms with Gasteiger partial charge in [-0.3, -0.25) is 10.1 Å². The minimum absolute atomic E-state index is 0.157. The summed E-state index contributed by atoms with van der Waals surface area (Å²) in [5.41, 5.74) is 2.10. The number of nitro groups is 1. The first kappa shape index (κ1) is 19.9. The number of carbonyl (C=O) groups excluding carboxylic acids is 2. The summed E-state index contributed by atoms with van der Waals surface area (Å²) in [4.78, 5) is 34.8. The van der Waals surface area contributed by atoms with Gasteiger partial charge in [0.05, 0.1) is 16.3 Å². The number of hydrogen-bond acceptors (Lipinski definition) is 8. The van der Waals surface area contributed by atoms with E-state index in [1.807, 2.05) is 31.2 Å². The van der Waals surface area contributed by atoms with Gasteiger partial charge < -0.3 is 20.1 Å². The molecule has 1 fully saturated rings. The van der Waals surface area contributed by atoms with Crippen molar-refractivity contribution in [1.29, 1.82) is 0 Å². The minimum atomic E-state index is -1.35. The molecular formula is C20H19N3O6. The number of rotatable bonds is 5. The van der Waals surface area contributed by atoms with Crippen molar-refractivity contribution in [1.82, 2.24) is 0 Å². The van der Waals surface area contributed by atoms with Gasteiger partial charge >= 0.3 is 11.9 Å². The number of nitrogens with zero attached hydrogens (tertiary/aromatic N) is 1. The van der Waals surface area contributed by atoms with Gasteiger partial charge in [-0.05, 0) is 30.7 Å². The Labute approximate surface area is 166 Å². The Morgan fingerprint density at radius 2 is 1.72 bits per heavy atom. The van der Waals surface area contributed by atoms with Gasteiger partial charge in [0.2, 0.25) is 0 Å². The largest absolute Gasteiger partial charge is 0.419 e. The smallest absolute Gasteiger partial charge is 0.350 e. The molecule has 3 rings (SSSR count). The molecule has 1 saturated heterocycles. The molecule has 0 aromatic heterocycles. The molecule has 0 unspecified atom stereocenters. The molecule has 29 heavy (non-hydrogen) atoms. The SMILES string of the molecule is Cc1cccc(Nc2ccc([N+](=O)[O-])cc2NC=C2C(=O)OC(C)(C)OC2=O)c1. The summed E-state index contributed by atoms with van der Waals surface area (Å²) in [6.07, 6.45) is 1.11. The van der Waals surface area contributed by atoms with E-state index in [4.69, 9.17) is 9.47 Å². The summed E-state index contributed by atoms with van der Waals surface area (Å²) in [5, 5.41) is 17.1. The van der Waals surface area contributed by atoms with Crippen LogP contribution in [0.2, 0.25) is 0 Å². The molecule has 0 aliphatic carbocycles. The van der Waals surface area contributed by atoms with Crippen molar-refractivity contribution < 1.29 is 24.0 Å². The van der Waals surface area contributed by atoms with Gasteiger partial charge in [-0.15, -0.1) is 0 Å². The third-order valence-corrected chi connectivity index (χ3v) is 4.00. The van der Waals surface area contributed by atoms with Crippen LogP contribution in [-0.2, 0) is 19.1 Å². The highest BCUT2D eigenvalue weighted by Gasteiger charge is 2.39. The number of benzene rings is 2. The zero-order chi connectivity index (χ0) is 21.2. The lowest BCUT2D eigenvalue weighted by Crippen LogP contribution is -2.42. The first-order valence-corrected chi connectivity index (χ1v) is 8.70. The third kappa shape index (κ3) is 4.70. The fourth-order valence-corrected chi connectivity index (χ4v) is 2.68. The lowest BCUT2D eigenvalue weighted by atomic mass is 10.2. The lowest BCUT2D eigenvalue weighted by molar-refractivity contribution is -0.384. The molecule has 9 heteroatoms. The maximum absolute atomic E-state index is 12.1. The topological polar surface area (TPSA) is 120 Å². The van der Waals surface area contributed by atoms with Gasteiger partial charge in [0.25, 0.3) is 11.5 Å². The molecule has 0 radical (unpaired) electrons. The average molecular weight is 397 g/mol. The van der Waals surface area contributed by atoms with E-state index < -0.39 is 22.6 Å². The molecule has 2 aromatic rings. The second kappa shape index (κ2) is 7.63. The molecule has 0 bridgehead atoms. The molecule has 2 aromatic carbocycles. The predicted molar refractivity (Wildman–Crippen MR) is 106 cm³/mol. The van der Waals surface area contributed by atoms with E-state index >= 15 is 0 Å². The standard InChI is InChI=1S/C20H19N3O6/c1-12-5-4-6-13(9-12)22-16-8-7-14(23(26)27)10-17(16)21-11-15-18(24)28-20(2,3)29-19(15)25/h4-11,21-22H,1-3H3. The number of esters is 2. The molecule has 0 amide bonds. The van der Waals surface area contributed by atoms with Crippen LogP contribution in [0.1, 0.15) is 19.4 Å².